The summed E-state index contributed by atoms with van der Waals surface area (Å²) in [6.45, 7) is 3.51. The fourth-order valence-electron chi connectivity index (χ4n) is 3.95. The summed E-state index contributed by atoms with van der Waals surface area (Å²) in [7, 11) is 0. The van der Waals surface area contributed by atoms with Crippen molar-refractivity contribution in [2.24, 2.45) is 5.92 Å². The highest BCUT2D eigenvalue weighted by atomic mass is 19.1. The molecule has 3 aromatic rings. The molecule has 0 saturated carbocycles. The molecule has 3 rings (SSSR count). The number of hydrogen-bond donors (Lipinski definition) is 4. The number of nitrogens with one attached hydrogen (secondary N) is 3. The molecule has 1 aromatic heterocycles. The molecule has 1 heterocycles. The lowest BCUT2D eigenvalue weighted by Gasteiger charge is -2.34. The Morgan fingerprint density at radius 2 is 1.89 bits per heavy atom. The Labute approximate surface area is 199 Å². The lowest BCUT2D eigenvalue weighted by Crippen LogP contribution is -2.64. The van der Waals surface area contributed by atoms with Gasteiger partial charge in [0.1, 0.15) is 11.6 Å². The van der Waals surface area contributed by atoms with Crippen LogP contribution in [0.1, 0.15) is 41.8 Å². The van der Waals surface area contributed by atoms with Gasteiger partial charge in [0.05, 0.1) is 5.56 Å². The molecular formula is C25H25F2N3O5. The second kappa shape index (κ2) is 10.6. The number of rotatable bonds is 10. The summed E-state index contributed by atoms with van der Waals surface area (Å²) in [5.41, 5.74) is -2.56. The second-order valence-electron chi connectivity index (χ2n) is 8.27. The summed E-state index contributed by atoms with van der Waals surface area (Å²) in [5, 5.41) is 14.9. The number of aldehydes is 1. The molecule has 0 spiro atoms. The Balaban J connectivity index is 1.85. The molecule has 4 N–H and O–H groups in total. The summed E-state index contributed by atoms with van der Waals surface area (Å²) in [5.74, 6) is -3.43. The van der Waals surface area contributed by atoms with Gasteiger partial charge in [-0.25, -0.2) is 13.6 Å². The number of pyridine rings is 1. The van der Waals surface area contributed by atoms with Crippen LogP contribution >= 0.6 is 0 Å². The van der Waals surface area contributed by atoms with Crippen LogP contribution in [0.5, 0.6) is 0 Å². The van der Waals surface area contributed by atoms with Crippen LogP contribution in [0.2, 0.25) is 0 Å². The van der Waals surface area contributed by atoms with E-state index in [0.717, 1.165) is 12.1 Å². The van der Waals surface area contributed by atoms with Gasteiger partial charge in [-0.3, -0.25) is 25.0 Å². The molecule has 0 unspecified atom stereocenters. The van der Waals surface area contributed by atoms with Crippen molar-refractivity contribution in [2.75, 3.05) is 6.54 Å². The Bertz CT molecular complexity index is 1320. The van der Waals surface area contributed by atoms with Crippen LogP contribution < -0.4 is 16.2 Å². The summed E-state index contributed by atoms with van der Waals surface area (Å²) < 4.78 is 29.8. The van der Waals surface area contributed by atoms with Crippen LogP contribution in [0, 0.1) is 17.6 Å². The number of halogens is 2. The van der Waals surface area contributed by atoms with E-state index in [9.17, 15) is 28.0 Å². The van der Waals surface area contributed by atoms with Gasteiger partial charge in [0.25, 0.3) is 0 Å². The van der Waals surface area contributed by atoms with Gasteiger partial charge in [-0.05, 0) is 47.2 Å². The van der Waals surface area contributed by atoms with Gasteiger partial charge in [0.15, 0.2) is 17.7 Å². The first-order valence-corrected chi connectivity index (χ1v) is 11.0. The van der Waals surface area contributed by atoms with Gasteiger partial charge in [-0.1, -0.05) is 32.0 Å². The van der Waals surface area contributed by atoms with Gasteiger partial charge >= 0.3 is 6.09 Å². The quantitative estimate of drug-likeness (QED) is 0.198. The number of amides is 1. The average molecular weight is 485 g/mol. The predicted octanol–water partition coefficient (Wildman–Crippen LogP) is 3.38. The second-order valence-corrected chi connectivity index (χ2v) is 8.27. The molecule has 0 aliphatic carbocycles. The summed E-state index contributed by atoms with van der Waals surface area (Å²) >= 11 is 0. The van der Waals surface area contributed by atoms with Crippen molar-refractivity contribution in [3.05, 3.63) is 81.3 Å². The molecule has 8 nitrogen and oxygen atoms in total. The van der Waals surface area contributed by atoms with Gasteiger partial charge in [-0.15, -0.1) is 0 Å². The van der Waals surface area contributed by atoms with Crippen molar-refractivity contribution in [1.29, 1.82) is 0 Å². The van der Waals surface area contributed by atoms with Crippen molar-refractivity contribution in [3.8, 4) is 0 Å². The molecule has 0 fully saturated rings. The van der Waals surface area contributed by atoms with E-state index in [1.165, 1.54) is 18.3 Å². The molecular weight excluding hydrogens is 460 g/mol. The topological polar surface area (TPSA) is 128 Å². The third-order valence-corrected chi connectivity index (χ3v) is 6.08. The number of fused-ring (bicyclic) bond motifs is 1. The zero-order valence-electron chi connectivity index (χ0n) is 19.2. The summed E-state index contributed by atoms with van der Waals surface area (Å²) in [6.07, 6.45) is 1.04. The number of aromatic amines is 1. The lowest BCUT2D eigenvalue weighted by molar-refractivity contribution is -0.116. The SMILES string of the molecule is CC[C@H](C)[C@](C=O)(NCCc1cc(F)c(C(=O)c2cccc3c[nH]c(=O)cc23)c(F)c1)NC(=O)O. The highest BCUT2D eigenvalue weighted by Gasteiger charge is 2.36. The van der Waals surface area contributed by atoms with Crippen molar-refractivity contribution in [3.63, 3.8) is 0 Å². The standard InChI is InChI=1S/C25H25F2N3O5/c1-3-14(2)25(13-31,30-24(34)35)29-8-7-15-9-19(26)22(20(27)10-15)23(33)17-6-4-5-16-12-28-21(32)11-18(16)17/h4-6,9-14,29-30H,3,7-8H2,1-2H3,(H,28,32)(H,34,35)/t14-,25+/m0/s1. The minimum Gasteiger partial charge on any atom is -0.465 e. The maximum absolute atomic E-state index is 14.9. The molecule has 1 amide bonds. The van der Waals surface area contributed by atoms with Crippen LogP contribution in [-0.4, -0.2) is 40.5 Å². The van der Waals surface area contributed by atoms with E-state index < -0.39 is 46.2 Å². The molecule has 2 aromatic carbocycles. The first kappa shape index (κ1) is 25.7. The Morgan fingerprint density at radius 1 is 1.20 bits per heavy atom. The van der Waals surface area contributed by atoms with Crippen LogP contribution in [0.25, 0.3) is 10.8 Å². The van der Waals surface area contributed by atoms with E-state index in [-0.39, 0.29) is 29.5 Å². The van der Waals surface area contributed by atoms with E-state index >= 15 is 0 Å². The summed E-state index contributed by atoms with van der Waals surface area (Å²) in [6, 6.07) is 7.83. The van der Waals surface area contributed by atoms with Gasteiger partial charge in [0, 0.05) is 24.4 Å². The van der Waals surface area contributed by atoms with E-state index in [1.807, 2.05) is 0 Å². The smallest absolute Gasteiger partial charge is 0.406 e. The number of carbonyl (C=O) groups excluding carboxylic acids is 2. The molecule has 10 heteroatoms. The van der Waals surface area contributed by atoms with Crippen molar-refractivity contribution >= 4 is 28.9 Å². The Hall–Kier alpha value is -3.92. The number of carboxylic acid groups (broad SMARTS) is 1. The molecule has 0 aliphatic rings. The molecule has 0 radical (unpaired) electrons. The van der Waals surface area contributed by atoms with Crippen LogP contribution in [-0.2, 0) is 11.2 Å². The Kier molecular flexibility index (Phi) is 7.75. The largest absolute Gasteiger partial charge is 0.465 e. The van der Waals surface area contributed by atoms with Gasteiger partial charge in [-0.2, -0.15) is 0 Å². The first-order valence-electron chi connectivity index (χ1n) is 11.0. The first-order chi connectivity index (χ1) is 16.6. The van der Waals surface area contributed by atoms with Crippen LogP contribution in [0.4, 0.5) is 13.6 Å². The van der Waals surface area contributed by atoms with Gasteiger partial charge < -0.3 is 10.1 Å². The number of H-pyrrole nitrogens is 1. The molecule has 0 bridgehead atoms. The zero-order valence-corrected chi connectivity index (χ0v) is 19.2. The minimum absolute atomic E-state index is 0.00937. The van der Waals surface area contributed by atoms with Gasteiger partial charge in [0.2, 0.25) is 5.56 Å². The molecule has 35 heavy (non-hydrogen) atoms. The number of benzene rings is 2. The molecule has 184 valence electrons. The third kappa shape index (κ3) is 5.43. The lowest BCUT2D eigenvalue weighted by atomic mass is 9.92. The fourth-order valence-corrected chi connectivity index (χ4v) is 3.95. The van der Waals surface area contributed by atoms with Crippen molar-refractivity contribution < 1.29 is 28.3 Å². The monoisotopic (exact) mass is 485 g/mol. The van der Waals surface area contributed by atoms with E-state index in [0.29, 0.717) is 18.1 Å². The zero-order chi connectivity index (χ0) is 25.8. The van der Waals surface area contributed by atoms with Crippen LogP contribution in [0.15, 0.2) is 47.4 Å². The molecule has 0 aliphatic heterocycles. The highest BCUT2D eigenvalue weighted by Crippen LogP contribution is 2.24. The molecule has 0 saturated heterocycles. The van der Waals surface area contributed by atoms with E-state index in [2.05, 4.69) is 15.6 Å². The van der Waals surface area contributed by atoms with E-state index in [4.69, 9.17) is 5.11 Å². The maximum atomic E-state index is 14.9. The van der Waals surface area contributed by atoms with E-state index in [1.54, 1.807) is 26.0 Å². The Morgan fingerprint density at radius 3 is 2.49 bits per heavy atom. The minimum atomic E-state index is -1.56. The average Bonchev–Trinajstić information content (AvgIpc) is 2.81. The third-order valence-electron chi connectivity index (χ3n) is 6.08. The summed E-state index contributed by atoms with van der Waals surface area (Å²) in [4.78, 5) is 50.1. The number of ketones is 1. The predicted molar refractivity (Wildman–Crippen MR) is 125 cm³/mol. The fraction of sp³-hybridized carbons (Fsp3) is 0.280. The van der Waals surface area contributed by atoms with Crippen molar-refractivity contribution in [1.82, 2.24) is 15.6 Å². The maximum Gasteiger partial charge on any atom is 0.406 e. The van der Waals surface area contributed by atoms with Crippen molar-refractivity contribution in [2.45, 2.75) is 32.4 Å². The number of carbonyl (C=O) groups is 3. The van der Waals surface area contributed by atoms with Crippen LogP contribution in [0.3, 0.4) is 0 Å². The highest BCUT2D eigenvalue weighted by molar-refractivity contribution is 6.16. The number of hydrogen-bond acceptors (Lipinski definition) is 5. The normalized spacial score (nSPS) is 13.7. The molecule has 2 atom stereocenters. The number of aromatic nitrogens is 1.